The third-order valence-corrected chi connectivity index (χ3v) is 8.02. The van der Waals surface area contributed by atoms with Gasteiger partial charge in [-0.3, -0.25) is 4.99 Å². The van der Waals surface area contributed by atoms with Crippen LogP contribution in [0.2, 0.25) is 0 Å². The van der Waals surface area contributed by atoms with E-state index in [-0.39, 0.29) is 18.5 Å². The van der Waals surface area contributed by atoms with Crippen molar-refractivity contribution in [2.24, 2.45) is 10.4 Å². The monoisotopic (exact) mass is 465 g/mol. The van der Waals surface area contributed by atoms with Gasteiger partial charge in [0.15, 0.2) is 5.11 Å². The van der Waals surface area contributed by atoms with Crippen molar-refractivity contribution in [3.05, 3.63) is 33.8 Å². The maximum absolute atomic E-state index is 14.8. The molecule has 4 nitrogen and oxygen atoms in total. The lowest BCUT2D eigenvalue weighted by Gasteiger charge is -2.48. The summed E-state index contributed by atoms with van der Waals surface area (Å²) in [4.78, 5) is 6.73. The number of aliphatic imine (C=N–C) groups is 1. The molecular weight excluding hydrogens is 441 g/mol. The number of benzene rings is 1. The SMILES string of the molecule is COC1CCC2(CC1)Cc1ccc(Br)cc1C21NC(=S)N2CC(C)(F)CN=C21. The van der Waals surface area contributed by atoms with Gasteiger partial charge in [0.2, 0.25) is 0 Å². The lowest BCUT2D eigenvalue weighted by molar-refractivity contribution is 0.00734. The number of rotatable bonds is 1. The quantitative estimate of drug-likeness (QED) is 0.633. The zero-order valence-electron chi connectivity index (χ0n) is 16.2. The predicted octanol–water partition coefficient (Wildman–Crippen LogP) is 4.11. The summed E-state index contributed by atoms with van der Waals surface area (Å²) in [6, 6.07) is 6.53. The van der Waals surface area contributed by atoms with E-state index in [1.54, 1.807) is 14.0 Å². The van der Waals surface area contributed by atoms with Crippen LogP contribution in [0.5, 0.6) is 0 Å². The Morgan fingerprint density at radius 2 is 2.11 bits per heavy atom. The summed E-state index contributed by atoms with van der Waals surface area (Å²) >= 11 is 9.38. The molecule has 1 aromatic rings. The molecule has 2 heterocycles. The van der Waals surface area contributed by atoms with Gasteiger partial charge in [-0.15, -0.1) is 0 Å². The first-order valence-corrected chi connectivity index (χ1v) is 11.2. The van der Waals surface area contributed by atoms with Crippen LogP contribution in [-0.2, 0) is 16.7 Å². The van der Waals surface area contributed by atoms with Crippen molar-refractivity contribution < 1.29 is 9.13 Å². The second kappa shape index (κ2) is 6.22. The topological polar surface area (TPSA) is 36.9 Å². The zero-order valence-corrected chi connectivity index (χ0v) is 18.6. The van der Waals surface area contributed by atoms with E-state index in [0.29, 0.717) is 11.2 Å². The summed E-state index contributed by atoms with van der Waals surface area (Å²) in [5, 5.41) is 4.28. The molecule has 150 valence electrons. The molecule has 7 heteroatoms. The second-order valence-corrected chi connectivity index (χ2v) is 10.3. The highest BCUT2D eigenvalue weighted by Crippen LogP contribution is 2.61. The Bertz CT molecular complexity index is 880. The van der Waals surface area contributed by atoms with E-state index in [0.717, 1.165) is 42.4 Å². The van der Waals surface area contributed by atoms with E-state index in [2.05, 4.69) is 39.4 Å². The molecule has 0 radical (unpaired) electrons. The number of hydrogen-bond acceptors (Lipinski definition) is 3. The summed E-state index contributed by atoms with van der Waals surface area (Å²) in [5.74, 6) is 0.917. The van der Waals surface area contributed by atoms with E-state index >= 15 is 0 Å². The van der Waals surface area contributed by atoms with Gasteiger partial charge >= 0.3 is 0 Å². The fourth-order valence-electron chi connectivity index (χ4n) is 5.88. The van der Waals surface area contributed by atoms with Crippen LogP contribution in [0.4, 0.5) is 4.39 Å². The smallest absolute Gasteiger partial charge is 0.175 e. The van der Waals surface area contributed by atoms with Crippen LogP contribution < -0.4 is 5.32 Å². The van der Waals surface area contributed by atoms with Crippen LogP contribution in [0.25, 0.3) is 0 Å². The Labute approximate surface area is 179 Å². The van der Waals surface area contributed by atoms with Crippen molar-refractivity contribution in [1.82, 2.24) is 10.2 Å². The van der Waals surface area contributed by atoms with Crippen molar-refractivity contribution >= 4 is 39.1 Å². The molecule has 2 fully saturated rings. The van der Waals surface area contributed by atoms with Crippen molar-refractivity contribution in [3.8, 4) is 0 Å². The van der Waals surface area contributed by atoms with Crippen LogP contribution in [0.1, 0.15) is 43.7 Å². The number of amidine groups is 1. The molecule has 1 N–H and O–H groups in total. The number of hydrogen-bond donors (Lipinski definition) is 1. The molecule has 2 spiro atoms. The maximum atomic E-state index is 14.8. The number of nitrogens with one attached hydrogen (secondary N) is 1. The van der Waals surface area contributed by atoms with Crippen LogP contribution >= 0.6 is 28.1 Å². The molecule has 2 atom stereocenters. The van der Waals surface area contributed by atoms with E-state index in [1.165, 1.54) is 11.1 Å². The molecule has 0 bridgehead atoms. The number of ether oxygens (including phenoxy) is 1. The van der Waals surface area contributed by atoms with Crippen molar-refractivity contribution in [2.75, 3.05) is 20.2 Å². The van der Waals surface area contributed by atoms with Crippen LogP contribution in [0.3, 0.4) is 0 Å². The van der Waals surface area contributed by atoms with Crippen LogP contribution in [0, 0.1) is 5.41 Å². The number of halogens is 2. The van der Waals surface area contributed by atoms with Gasteiger partial charge in [0, 0.05) is 17.0 Å². The molecule has 1 saturated carbocycles. The van der Waals surface area contributed by atoms with Gasteiger partial charge in [0.05, 0.1) is 19.2 Å². The third kappa shape index (κ3) is 2.48. The fraction of sp³-hybridized carbons (Fsp3) is 0.619. The molecule has 1 aromatic carbocycles. The molecule has 0 aromatic heterocycles. The van der Waals surface area contributed by atoms with Gasteiger partial charge in [0.1, 0.15) is 17.0 Å². The third-order valence-electron chi connectivity index (χ3n) is 7.20. The van der Waals surface area contributed by atoms with Crippen molar-refractivity contribution in [1.29, 1.82) is 0 Å². The number of fused-ring (bicyclic) bond motifs is 5. The summed E-state index contributed by atoms with van der Waals surface area (Å²) in [6.07, 6.45) is 5.42. The molecule has 1 saturated heterocycles. The second-order valence-electron chi connectivity index (χ2n) is 9.01. The van der Waals surface area contributed by atoms with E-state index in [4.69, 9.17) is 21.9 Å². The Kier molecular flexibility index (Phi) is 4.21. The van der Waals surface area contributed by atoms with E-state index in [1.807, 2.05) is 4.90 Å². The first-order valence-electron chi connectivity index (χ1n) is 9.96. The van der Waals surface area contributed by atoms with Gasteiger partial charge in [-0.1, -0.05) is 22.0 Å². The standard InChI is InChI=1S/C21H25BrFN3OS/c1-19(23)11-24-17-21(25-18(28)26(17)12-19)16-9-14(22)4-3-13(16)10-20(21)7-5-15(27-2)6-8-20/h3-4,9,15H,5-8,10-12H2,1-2H3,(H,25,28). The Morgan fingerprint density at radius 3 is 2.82 bits per heavy atom. The van der Waals surface area contributed by atoms with Crippen molar-refractivity contribution in [3.63, 3.8) is 0 Å². The molecule has 2 aliphatic carbocycles. The van der Waals surface area contributed by atoms with Gasteiger partial charge < -0.3 is 15.0 Å². The fourth-order valence-corrected chi connectivity index (χ4v) is 6.54. The van der Waals surface area contributed by atoms with Gasteiger partial charge in [-0.25, -0.2) is 4.39 Å². The normalized spacial score (nSPS) is 39.1. The highest BCUT2D eigenvalue weighted by atomic mass is 79.9. The lowest BCUT2D eigenvalue weighted by Crippen LogP contribution is -2.58. The van der Waals surface area contributed by atoms with E-state index < -0.39 is 11.2 Å². The first kappa shape index (κ1) is 18.9. The Balaban J connectivity index is 1.69. The minimum absolute atomic E-state index is 0.0210. The largest absolute Gasteiger partial charge is 0.381 e. The van der Waals surface area contributed by atoms with Crippen molar-refractivity contribution in [2.45, 2.75) is 56.3 Å². The first-order chi connectivity index (χ1) is 13.3. The number of alkyl halides is 1. The van der Waals surface area contributed by atoms with Gasteiger partial charge in [-0.2, -0.15) is 0 Å². The maximum Gasteiger partial charge on any atom is 0.175 e. The molecule has 0 amide bonds. The molecule has 28 heavy (non-hydrogen) atoms. The minimum atomic E-state index is -1.36. The van der Waals surface area contributed by atoms with E-state index in [9.17, 15) is 4.39 Å². The predicted molar refractivity (Wildman–Crippen MR) is 115 cm³/mol. The number of nitrogens with zero attached hydrogens (tertiary/aromatic N) is 2. The average Bonchev–Trinajstić information content (AvgIpc) is 3.09. The van der Waals surface area contributed by atoms with Crippen LogP contribution in [-0.4, -0.2) is 47.8 Å². The lowest BCUT2D eigenvalue weighted by atomic mass is 9.61. The van der Waals surface area contributed by atoms with Crippen LogP contribution in [0.15, 0.2) is 27.7 Å². The summed E-state index contributed by atoms with van der Waals surface area (Å²) < 4.78 is 21.5. The molecule has 4 aliphatic rings. The minimum Gasteiger partial charge on any atom is -0.381 e. The Morgan fingerprint density at radius 1 is 1.36 bits per heavy atom. The molecule has 2 unspecified atom stereocenters. The highest BCUT2D eigenvalue weighted by molar-refractivity contribution is 9.10. The van der Waals surface area contributed by atoms with Gasteiger partial charge in [-0.05, 0) is 74.5 Å². The molecular formula is C21H25BrFN3OS. The molecule has 2 aliphatic heterocycles. The number of methoxy groups -OCH3 is 1. The summed E-state index contributed by atoms with van der Waals surface area (Å²) in [6.45, 7) is 2.06. The Hall–Kier alpha value is -1.05. The zero-order chi connectivity index (χ0) is 19.7. The number of thiocarbonyl (C=S) groups is 1. The average molecular weight is 466 g/mol. The summed E-state index contributed by atoms with van der Waals surface area (Å²) in [5.41, 5.74) is 0.724. The summed E-state index contributed by atoms with van der Waals surface area (Å²) in [7, 11) is 1.80. The molecule has 5 rings (SSSR count). The van der Waals surface area contributed by atoms with Gasteiger partial charge in [0.25, 0.3) is 0 Å². The highest BCUT2D eigenvalue weighted by Gasteiger charge is 2.66.